The molecule has 2 aliphatic rings. The van der Waals surface area contributed by atoms with E-state index in [0.29, 0.717) is 18.7 Å². The summed E-state index contributed by atoms with van der Waals surface area (Å²) < 4.78 is 5.73. The second-order valence-electron chi connectivity index (χ2n) is 6.89. The fraction of sp³-hybridized carbons (Fsp3) is 0.611. The van der Waals surface area contributed by atoms with Crippen LogP contribution in [0.15, 0.2) is 18.3 Å². The van der Waals surface area contributed by atoms with Gasteiger partial charge in [0.1, 0.15) is 5.82 Å². The third kappa shape index (κ3) is 4.92. The number of ether oxygens (including phenoxy) is 1. The SMILES string of the molecule is CC1CN(c2ccc(C(=O)NCCNC(=O)C3CC3)cn2)CC(C)O1. The van der Waals surface area contributed by atoms with Crippen LogP contribution in [0.2, 0.25) is 0 Å². The molecule has 0 radical (unpaired) electrons. The first-order valence-electron chi connectivity index (χ1n) is 8.95. The summed E-state index contributed by atoms with van der Waals surface area (Å²) in [6.07, 6.45) is 3.89. The number of pyridine rings is 1. The number of aromatic nitrogens is 1. The zero-order chi connectivity index (χ0) is 17.8. The maximum atomic E-state index is 12.1. The van der Waals surface area contributed by atoms with Crippen molar-refractivity contribution in [3.05, 3.63) is 23.9 Å². The summed E-state index contributed by atoms with van der Waals surface area (Å²) in [5.41, 5.74) is 0.520. The molecule has 1 aromatic heterocycles. The third-order valence-electron chi connectivity index (χ3n) is 4.41. The van der Waals surface area contributed by atoms with Crippen molar-refractivity contribution in [1.82, 2.24) is 15.6 Å². The topological polar surface area (TPSA) is 83.6 Å². The van der Waals surface area contributed by atoms with E-state index < -0.39 is 0 Å². The van der Waals surface area contributed by atoms with Crippen molar-refractivity contribution in [2.45, 2.75) is 38.9 Å². The number of morpholine rings is 1. The number of carbonyl (C=O) groups excluding carboxylic acids is 2. The predicted octanol–water partition coefficient (Wildman–Crippen LogP) is 0.951. The van der Waals surface area contributed by atoms with Gasteiger partial charge >= 0.3 is 0 Å². The van der Waals surface area contributed by atoms with E-state index in [2.05, 4.69) is 20.5 Å². The normalized spacial score (nSPS) is 23.2. The van der Waals surface area contributed by atoms with Crippen LogP contribution in [0.5, 0.6) is 0 Å². The van der Waals surface area contributed by atoms with Gasteiger partial charge in [-0.25, -0.2) is 4.98 Å². The first-order chi connectivity index (χ1) is 12.0. The molecule has 2 N–H and O–H groups in total. The molecular weight excluding hydrogens is 320 g/mol. The summed E-state index contributed by atoms with van der Waals surface area (Å²) >= 11 is 0. The molecule has 1 aliphatic carbocycles. The molecule has 2 fully saturated rings. The summed E-state index contributed by atoms with van der Waals surface area (Å²) in [5.74, 6) is 0.964. The van der Waals surface area contributed by atoms with Gasteiger partial charge in [-0.15, -0.1) is 0 Å². The number of hydrogen-bond acceptors (Lipinski definition) is 5. The van der Waals surface area contributed by atoms with Crippen molar-refractivity contribution in [2.24, 2.45) is 5.92 Å². The minimum atomic E-state index is -0.177. The van der Waals surface area contributed by atoms with Crippen molar-refractivity contribution >= 4 is 17.6 Å². The summed E-state index contributed by atoms with van der Waals surface area (Å²) in [6, 6.07) is 3.65. The number of hydrogen-bond donors (Lipinski definition) is 2. The van der Waals surface area contributed by atoms with E-state index in [-0.39, 0.29) is 29.9 Å². The Morgan fingerprint density at radius 1 is 1.16 bits per heavy atom. The minimum Gasteiger partial charge on any atom is -0.372 e. The van der Waals surface area contributed by atoms with Gasteiger partial charge in [-0.05, 0) is 38.8 Å². The standard InChI is InChI=1S/C18H26N4O3/c1-12-10-22(11-13(2)25-12)16-6-5-15(9-21-16)18(24)20-8-7-19-17(23)14-3-4-14/h5-6,9,12-14H,3-4,7-8,10-11H2,1-2H3,(H,19,23)(H,20,24). The van der Waals surface area contributed by atoms with Crippen LogP contribution in [0.1, 0.15) is 37.0 Å². The Bertz CT molecular complexity index is 605. The lowest BCUT2D eigenvalue weighted by molar-refractivity contribution is -0.122. The quantitative estimate of drug-likeness (QED) is 0.750. The van der Waals surface area contributed by atoms with Gasteiger partial charge in [0.25, 0.3) is 5.91 Å². The number of nitrogens with zero attached hydrogens (tertiary/aromatic N) is 2. The van der Waals surface area contributed by atoms with Crippen LogP contribution >= 0.6 is 0 Å². The summed E-state index contributed by atoms with van der Waals surface area (Å²) in [4.78, 5) is 30.2. The van der Waals surface area contributed by atoms with Crippen molar-refractivity contribution in [2.75, 3.05) is 31.1 Å². The van der Waals surface area contributed by atoms with Crippen molar-refractivity contribution in [3.8, 4) is 0 Å². The first-order valence-corrected chi connectivity index (χ1v) is 8.95. The van der Waals surface area contributed by atoms with Gasteiger partial charge in [0.15, 0.2) is 0 Å². The van der Waals surface area contributed by atoms with Gasteiger partial charge in [0.05, 0.1) is 17.8 Å². The van der Waals surface area contributed by atoms with Crippen LogP contribution in [0.3, 0.4) is 0 Å². The highest BCUT2D eigenvalue weighted by atomic mass is 16.5. The average molecular weight is 346 g/mol. The Kier molecular flexibility index (Phi) is 5.53. The Labute approximate surface area is 148 Å². The summed E-state index contributed by atoms with van der Waals surface area (Å²) in [5, 5.41) is 5.62. The Balaban J connectivity index is 1.46. The van der Waals surface area contributed by atoms with E-state index in [4.69, 9.17) is 4.74 Å². The molecule has 1 aliphatic heterocycles. The molecule has 2 heterocycles. The Hall–Kier alpha value is -2.15. The largest absolute Gasteiger partial charge is 0.372 e. The molecule has 0 aromatic carbocycles. The van der Waals surface area contributed by atoms with Gasteiger partial charge in [-0.2, -0.15) is 0 Å². The minimum absolute atomic E-state index is 0.0919. The van der Waals surface area contributed by atoms with Gasteiger partial charge in [0, 0.05) is 38.3 Å². The second-order valence-corrected chi connectivity index (χ2v) is 6.89. The Morgan fingerprint density at radius 3 is 2.44 bits per heavy atom. The van der Waals surface area contributed by atoms with Crippen molar-refractivity contribution in [3.63, 3.8) is 0 Å². The molecule has 1 saturated carbocycles. The van der Waals surface area contributed by atoms with E-state index in [1.54, 1.807) is 12.3 Å². The van der Waals surface area contributed by atoms with Crippen LogP contribution in [0.25, 0.3) is 0 Å². The fourth-order valence-corrected chi connectivity index (χ4v) is 3.03. The van der Waals surface area contributed by atoms with E-state index >= 15 is 0 Å². The maximum absolute atomic E-state index is 12.1. The number of amides is 2. The Morgan fingerprint density at radius 2 is 1.84 bits per heavy atom. The van der Waals surface area contributed by atoms with Crippen LogP contribution in [-0.2, 0) is 9.53 Å². The molecule has 1 aromatic rings. The molecule has 0 bridgehead atoms. The van der Waals surface area contributed by atoms with Crippen molar-refractivity contribution in [1.29, 1.82) is 0 Å². The smallest absolute Gasteiger partial charge is 0.252 e. The predicted molar refractivity (Wildman–Crippen MR) is 94.5 cm³/mol. The highest BCUT2D eigenvalue weighted by Crippen LogP contribution is 2.28. The van der Waals surface area contributed by atoms with Crippen LogP contribution < -0.4 is 15.5 Å². The molecule has 0 spiro atoms. The number of anilines is 1. The van der Waals surface area contributed by atoms with Crippen LogP contribution in [0, 0.1) is 5.92 Å². The van der Waals surface area contributed by atoms with Gasteiger partial charge < -0.3 is 20.3 Å². The van der Waals surface area contributed by atoms with Crippen LogP contribution in [-0.4, -0.2) is 55.2 Å². The lowest BCUT2D eigenvalue weighted by atomic mass is 10.2. The molecule has 7 heteroatoms. The van der Waals surface area contributed by atoms with E-state index in [0.717, 1.165) is 31.7 Å². The maximum Gasteiger partial charge on any atom is 0.252 e. The lowest BCUT2D eigenvalue weighted by Crippen LogP contribution is -2.45. The monoisotopic (exact) mass is 346 g/mol. The van der Waals surface area contributed by atoms with Crippen molar-refractivity contribution < 1.29 is 14.3 Å². The summed E-state index contributed by atoms with van der Waals surface area (Å²) in [6.45, 7) is 6.56. The molecule has 1 saturated heterocycles. The third-order valence-corrected chi connectivity index (χ3v) is 4.41. The number of carbonyl (C=O) groups is 2. The summed E-state index contributed by atoms with van der Waals surface area (Å²) in [7, 11) is 0. The molecule has 136 valence electrons. The average Bonchev–Trinajstić information content (AvgIpc) is 3.43. The van der Waals surface area contributed by atoms with Gasteiger partial charge in [-0.3, -0.25) is 9.59 Å². The van der Waals surface area contributed by atoms with Gasteiger partial charge in [-0.1, -0.05) is 0 Å². The van der Waals surface area contributed by atoms with E-state index in [1.807, 2.05) is 19.9 Å². The van der Waals surface area contributed by atoms with E-state index in [9.17, 15) is 9.59 Å². The van der Waals surface area contributed by atoms with E-state index in [1.165, 1.54) is 0 Å². The number of rotatable bonds is 6. The molecule has 3 rings (SSSR count). The number of nitrogens with one attached hydrogen (secondary N) is 2. The second kappa shape index (κ2) is 7.82. The molecule has 2 amide bonds. The zero-order valence-corrected chi connectivity index (χ0v) is 14.8. The van der Waals surface area contributed by atoms with Gasteiger partial charge in [0.2, 0.25) is 5.91 Å². The molecular formula is C18H26N4O3. The molecule has 25 heavy (non-hydrogen) atoms. The molecule has 7 nitrogen and oxygen atoms in total. The highest BCUT2D eigenvalue weighted by molar-refractivity contribution is 5.94. The zero-order valence-electron chi connectivity index (χ0n) is 14.8. The molecule has 2 unspecified atom stereocenters. The highest BCUT2D eigenvalue weighted by Gasteiger charge is 2.29. The first kappa shape index (κ1) is 17.7. The van der Waals surface area contributed by atoms with Crippen LogP contribution in [0.4, 0.5) is 5.82 Å². The molecule has 2 atom stereocenters. The fourth-order valence-electron chi connectivity index (χ4n) is 3.03. The lowest BCUT2D eigenvalue weighted by Gasteiger charge is -2.36.